The number of rotatable bonds is 6. The Morgan fingerprint density at radius 3 is 1.07 bits per heavy atom. The first-order chi connectivity index (χ1) is 34.8. The van der Waals surface area contributed by atoms with E-state index in [-0.39, 0.29) is 18.3 Å². The molecule has 378 valence electrons. The van der Waals surface area contributed by atoms with Gasteiger partial charge in [-0.2, -0.15) is 0 Å². The highest BCUT2D eigenvalue weighted by Gasteiger charge is 2.50. The van der Waals surface area contributed by atoms with Gasteiger partial charge in [-0.3, -0.25) is 0 Å². The molecule has 6 aromatic carbocycles. The van der Waals surface area contributed by atoms with Gasteiger partial charge in [-0.05, 0) is 125 Å². The zero-order valence-corrected chi connectivity index (χ0v) is 46.4. The molecule has 0 atom stereocenters. The Morgan fingerprint density at radius 2 is 0.736 bits per heavy atom. The van der Waals surface area contributed by atoms with E-state index in [9.17, 15) is 0 Å². The largest absolute Gasteiger partial charge is 0.457 e. The van der Waals surface area contributed by atoms with Crippen molar-refractivity contribution in [2.75, 3.05) is 0 Å². The lowest BCUT2D eigenvalue weighted by Crippen LogP contribution is -2.41. The van der Waals surface area contributed by atoms with Crippen LogP contribution in [0.15, 0.2) is 121 Å². The molecule has 0 saturated carbocycles. The maximum Gasteiger partial charge on any atom is 0.457 e. The van der Waals surface area contributed by atoms with Crippen molar-refractivity contribution in [1.82, 2.24) is 29.9 Å². The van der Waals surface area contributed by atoms with Gasteiger partial charge in [-0.25, -0.2) is 29.9 Å². The Morgan fingerprint density at radius 1 is 0.417 bits per heavy atom. The monoisotopic (exact) mass is 985 g/mol. The van der Waals surface area contributed by atoms with Gasteiger partial charge in [-0.15, -0.1) is 0 Å². The van der Waals surface area contributed by atoms with Crippen molar-refractivity contribution in [2.24, 2.45) is 0 Å². The fourth-order valence-electron chi connectivity index (χ4n) is 8.69. The summed E-state index contributed by atoms with van der Waals surface area (Å²) < 4.78 is 11.4. The second kappa shape index (κ2) is 27.3. The SMILES string of the molecule is CC.CC.CCB1OC(C)(C)C(C)(C)O1.CCc1nc(CC)nc(CC)n1.CCc1nc(Cl)nc(CC)n1.c1ccc2c(c1)Cc1c-2ccc2ccccc12.c1ccc2c(c1)Cc1c-2ccc2ccccc12. The van der Waals surface area contributed by atoms with Crippen LogP contribution in [-0.2, 0) is 54.3 Å². The molecule has 3 heterocycles. The second-order valence-electron chi connectivity index (χ2n) is 18.2. The molecule has 3 aliphatic rings. The Labute approximate surface area is 437 Å². The molecule has 0 spiro atoms. The van der Waals surface area contributed by atoms with Gasteiger partial charge < -0.3 is 9.31 Å². The minimum Gasteiger partial charge on any atom is -0.403 e. The minimum absolute atomic E-state index is 0.0139. The number of aryl methyl sites for hydroxylation is 5. The lowest BCUT2D eigenvalue weighted by molar-refractivity contribution is 0.00578. The summed E-state index contributed by atoms with van der Waals surface area (Å²) in [6.45, 7) is 28.5. The third-order valence-electron chi connectivity index (χ3n) is 13.1. The van der Waals surface area contributed by atoms with E-state index in [0.717, 1.165) is 80.4 Å². The van der Waals surface area contributed by atoms with Gasteiger partial charge in [0.05, 0.1) is 11.2 Å². The van der Waals surface area contributed by atoms with Crippen LogP contribution >= 0.6 is 11.6 Å². The molecule has 0 bridgehead atoms. The molecule has 11 rings (SSSR count). The number of halogens is 1. The van der Waals surface area contributed by atoms with Crippen LogP contribution in [0, 0.1) is 0 Å². The van der Waals surface area contributed by atoms with Crippen molar-refractivity contribution in [3.8, 4) is 22.3 Å². The predicted molar refractivity (Wildman–Crippen MR) is 305 cm³/mol. The molecular weight excluding hydrogens is 907 g/mol. The molecule has 0 unspecified atom stereocenters. The molecule has 2 aromatic heterocycles. The molecule has 1 aliphatic heterocycles. The predicted octanol–water partition coefficient (Wildman–Crippen LogP) is 16.2. The lowest BCUT2D eigenvalue weighted by atomic mass is 9.87. The summed E-state index contributed by atoms with van der Waals surface area (Å²) in [6, 6.07) is 43.8. The maximum absolute atomic E-state index is 5.69. The summed E-state index contributed by atoms with van der Waals surface area (Å²) in [4.78, 5) is 24.9. The van der Waals surface area contributed by atoms with E-state index in [2.05, 4.69) is 207 Å². The number of aromatic nitrogens is 6. The molecule has 1 saturated heterocycles. The molecule has 0 N–H and O–H groups in total. The van der Waals surface area contributed by atoms with Crippen molar-refractivity contribution in [2.45, 2.75) is 159 Å². The number of hydrogen-bond acceptors (Lipinski definition) is 8. The normalized spacial score (nSPS) is 13.5. The van der Waals surface area contributed by atoms with E-state index >= 15 is 0 Å². The Balaban J connectivity index is 0.000000167. The highest BCUT2D eigenvalue weighted by atomic mass is 35.5. The summed E-state index contributed by atoms with van der Waals surface area (Å²) in [6.07, 6.45) is 7.35. The highest BCUT2D eigenvalue weighted by Crippen LogP contribution is 2.41. The van der Waals surface area contributed by atoms with E-state index in [1.807, 2.05) is 41.5 Å². The van der Waals surface area contributed by atoms with Crippen molar-refractivity contribution < 1.29 is 9.31 Å². The first-order valence-electron chi connectivity index (χ1n) is 26.5. The number of benzene rings is 6. The third kappa shape index (κ3) is 14.0. The first kappa shape index (κ1) is 57.0. The van der Waals surface area contributed by atoms with Crippen molar-refractivity contribution in [3.05, 3.63) is 178 Å². The van der Waals surface area contributed by atoms with E-state index in [0.29, 0.717) is 5.28 Å². The van der Waals surface area contributed by atoms with Crippen LogP contribution in [0.2, 0.25) is 11.6 Å². The summed E-state index contributed by atoms with van der Waals surface area (Å²) >= 11 is 5.65. The fourth-order valence-corrected chi connectivity index (χ4v) is 8.89. The van der Waals surface area contributed by atoms with Crippen LogP contribution < -0.4 is 0 Å². The van der Waals surface area contributed by atoms with Crippen LogP contribution in [-0.4, -0.2) is 48.2 Å². The van der Waals surface area contributed by atoms with Gasteiger partial charge >= 0.3 is 7.12 Å². The van der Waals surface area contributed by atoms with Crippen LogP contribution in [0.4, 0.5) is 0 Å². The molecule has 10 heteroatoms. The van der Waals surface area contributed by atoms with Gasteiger partial charge in [0.25, 0.3) is 0 Å². The zero-order chi connectivity index (χ0) is 52.4. The molecule has 8 nitrogen and oxygen atoms in total. The standard InChI is InChI=1S/2C17H12.C9H15N3.C8H17BO2.C7H10ClN3.2C2H6/c2*1-3-7-14-12(5-1)9-10-16-15-8-4-2-6-13(15)11-17(14)16;1-4-7-10-8(5-2)12-9(6-3)11-7;1-6-9-10-7(2,3)8(4,5)11-9;1-3-5-9-6(4-2)11-7(8)10-5;2*1-2/h2*1-10H,11H2;4-6H2,1-3H3;6H2,1-5H3;3-4H2,1-2H3;2*1-2H3. The average molecular weight is 986 g/mol. The average Bonchev–Trinajstić information content (AvgIpc) is 4.08. The van der Waals surface area contributed by atoms with Gasteiger partial charge in [0.2, 0.25) is 5.28 Å². The number of fused-ring (bicyclic) bond motifs is 10. The topological polar surface area (TPSA) is 95.8 Å². The highest BCUT2D eigenvalue weighted by molar-refractivity contribution is 6.45. The van der Waals surface area contributed by atoms with Crippen LogP contribution in [0.1, 0.15) is 148 Å². The Kier molecular flexibility index (Phi) is 21.6. The quantitative estimate of drug-likeness (QED) is 0.152. The second-order valence-corrected chi connectivity index (χ2v) is 18.5. The van der Waals surface area contributed by atoms with Gasteiger partial charge in [-0.1, -0.05) is 191 Å². The molecule has 0 amide bonds. The Bertz CT molecular complexity index is 2770. The van der Waals surface area contributed by atoms with Gasteiger partial charge in [0.1, 0.15) is 29.1 Å². The molecule has 0 radical (unpaired) electrons. The van der Waals surface area contributed by atoms with Crippen molar-refractivity contribution in [1.29, 1.82) is 0 Å². The van der Waals surface area contributed by atoms with E-state index in [1.54, 1.807) is 0 Å². The van der Waals surface area contributed by atoms with Crippen molar-refractivity contribution in [3.63, 3.8) is 0 Å². The van der Waals surface area contributed by atoms with E-state index < -0.39 is 0 Å². The number of hydrogen-bond donors (Lipinski definition) is 0. The van der Waals surface area contributed by atoms with Gasteiger partial charge in [0, 0.05) is 32.1 Å². The fraction of sp³-hybridized carbons (Fsp3) is 0.387. The third-order valence-corrected chi connectivity index (χ3v) is 13.3. The molecule has 8 aromatic rings. The molecule has 1 fully saturated rings. The summed E-state index contributed by atoms with van der Waals surface area (Å²) in [5, 5.41) is 5.80. The van der Waals surface area contributed by atoms with E-state index in [1.165, 1.54) is 66.1 Å². The first-order valence-corrected chi connectivity index (χ1v) is 26.8. The zero-order valence-electron chi connectivity index (χ0n) is 45.7. The van der Waals surface area contributed by atoms with Crippen LogP contribution in [0.5, 0.6) is 0 Å². The van der Waals surface area contributed by atoms with Gasteiger partial charge in [0.15, 0.2) is 0 Å². The van der Waals surface area contributed by atoms with Crippen molar-refractivity contribution >= 4 is 40.3 Å². The smallest absolute Gasteiger partial charge is 0.403 e. The van der Waals surface area contributed by atoms with Crippen LogP contribution in [0.3, 0.4) is 0 Å². The van der Waals surface area contributed by atoms with Crippen LogP contribution in [0.25, 0.3) is 43.8 Å². The maximum atomic E-state index is 5.69. The minimum atomic E-state index is -0.159. The summed E-state index contributed by atoms with van der Waals surface area (Å²) in [7, 11) is -0.0139. The molecule has 72 heavy (non-hydrogen) atoms. The molecule has 2 aliphatic carbocycles. The number of nitrogens with zero attached hydrogens (tertiary/aromatic N) is 6. The van der Waals surface area contributed by atoms with E-state index in [4.69, 9.17) is 20.9 Å². The summed E-state index contributed by atoms with van der Waals surface area (Å²) in [5.41, 5.74) is 11.2. The summed E-state index contributed by atoms with van der Waals surface area (Å²) in [5.74, 6) is 4.28. The Hall–Kier alpha value is -5.87. The lowest BCUT2D eigenvalue weighted by Gasteiger charge is -2.32. The molecular formula is C62H78BClN6O2.